The lowest BCUT2D eigenvalue weighted by Crippen LogP contribution is -2.20. The Morgan fingerprint density at radius 1 is 1.29 bits per heavy atom. The van der Waals surface area contributed by atoms with Crippen LogP contribution in [0, 0.1) is 5.82 Å². The second-order valence-corrected chi connectivity index (χ2v) is 6.61. The van der Waals surface area contributed by atoms with Crippen LogP contribution in [0.15, 0.2) is 23.5 Å². The summed E-state index contributed by atoms with van der Waals surface area (Å²) in [6, 6.07) is 3.40. The Bertz CT molecular complexity index is 574. The summed E-state index contributed by atoms with van der Waals surface area (Å²) in [5.41, 5.74) is 2.84. The van der Waals surface area contributed by atoms with Crippen molar-refractivity contribution in [1.82, 2.24) is 0 Å². The Morgan fingerprint density at radius 2 is 2.00 bits per heavy atom. The highest BCUT2D eigenvalue weighted by molar-refractivity contribution is 6.31. The summed E-state index contributed by atoms with van der Waals surface area (Å²) in [6.45, 7) is 5.07. The average Bonchev–Trinajstić information content (AvgIpc) is 3.09. The number of hydrogen-bond acceptors (Lipinski definition) is 2. The summed E-state index contributed by atoms with van der Waals surface area (Å²) in [7, 11) is 0. The molecule has 2 nitrogen and oxygen atoms in total. The van der Waals surface area contributed by atoms with Crippen LogP contribution in [0.2, 0.25) is 5.02 Å². The zero-order chi connectivity index (χ0) is 15.0. The molecule has 0 atom stereocenters. The van der Waals surface area contributed by atoms with E-state index in [1.807, 2.05) is 24.8 Å². The fraction of sp³-hybridized carbons (Fsp3) is 0.529. The molecule has 3 rings (SSSR count). The minimum Gasteiger partial charge on any atom is -0.476 e. The van der Waals surface area contributed by atoms with Gasteiger partial charge in [0, 0.05) is 5.02 Å². The van der Waals surface area contributed by atoms with Crippen molar-refractivity contribution in [3.63, 3.8) is 0 Å². The van der Waals surface area contributed by atoms with Crippen molar-refractivity contribution in [2.24, 2.45) is 0 Å². The summed E-state index contributed by atoms with van der Waals surface area (Å²) in [5, 5.41) is 0.561. The molecule has 0 N–H and O–H groups in total. The molecular formula is C17H21ClFNO. The minimum atomic E-state index is -0.264. The van der Waals surface area contributed by atoms with Crippen molar-refractivity contribution >= 4 is 17.3 Å². The molecule has 21 heavy (non-hydrogen) atoms. The maximum Gasteiger partial charge on any atom is 0.161 e. The second kappa shape index (κ2) is 5.88. The third-order valence-corrected chi connectivity index (χ3v) is 4.82. The van der Waals surface area contributed by atoms with E-state index in [0.29, 0.717) is 29.9 Å². The fourth-order valence-corrected chi connectivity index (χ4v) is 3.53. The van der Waals surface area contributed by atoms with Crippen molar-refractivity contribution in [2.75, 3.05) is 18.2 Å². The number of rotatable bonds is 2. The number of anilines is 1. The Balaban J connectivity index is 1.92. The van der Waals surface area contributed by atoms with E-state index in [0.717, 1.165) is 29.7 Å². The summed E-state index contributed by atoms with van der Waals surface area (Å²) in [6.07, 6.45) is 4.78. The highest BCUT2D eigenvalue weighted by Gasteiger charge is 2.26. The van der Waals surface area contributed by atoms with Crippen molar-refractivity contribution < 1.29 is 9.13 Å². The first kappa shape index (κ1) is 14.7. The molecule has 0 aromatic heterocycles. The zero-order valence-electron chi connectivity index (χ0n) is 12.6. The quantitative estimate of drug-likeness (QED) is 0.742. The molecule has 0 bridgehead atoms. The molecule has 2 aliphatic rings. The van der Waals surface area contributed by atoms with Crippen molar-refractivity contribution in [1.29, 1.82) is 0 Å². The van der Waals surface area contributed by atoms with Gasteiger partial charge in [0.2, 0.25) is 0 Å². The van der Waals surface area contributed by atoms with Gasteiger partial charge < -0.3 is 9.64 Å². The van der Waals surface area contributed by atoms with Gasteiger partial charge in [0.1, 0.15) is 11.6 Å². The zero-order valence-corrected chi connectivity index (χ0v) is 13.3. The molecule has 1 heterocycles. The minimum absolute atomic E-state index is 0.264. The van der Waals surface area contributed by atoms with Gasteiger partial charge in [-0.1, -0.05) is 24.4 Å². The van der Waals surface area contributed by atoms with Crippen LogP contribution in [0.5, 0.6) is 0 Å². The Hall–Kier alpha value is -1.22. The van der Waals surface area contributed by atoms with Gasteiger partial charge in [0.05, 0.1) is 12.2 Å². The van der Waals surface area contributed by atoms with Crippen LogP contribution in [-0.4, -0.2) is 13.3 Å². The molecule has 1 saturated heterocycles. The van der Waals surface area contributed by atoms with E-state index in [2.05, 4.69) is 0 Å². The van der Waals surface area contributed by atoms with Crippen molar-refractivity contribution in [3.05, 3.63) is 39.9 Å². The van der Waals surface area contributed by atoms with Crippen LogP contribution < -0.4 is 4.90 Å². The highest BCUT2D eigenvalue weighted by Crippen LogP contribution is 2.40. The van der Waals surface area contributed by atoms with Crippen LogP contribution >= 0.6 is 11.6 Å². The van der Waals surface area contributed by atoms with Gasteiger partial charge in [-0.25, -0.2) is 4.39 Å². The topological polar surface area (TPSA) is 12.5 Å². The van der Waals surface area contributed by atoms with Crippen LogP contribution in [0.1, 0.15) is 51.0 Å². The van der Waals surface area contributed by atoms with E-state index in [4.69, 9.17) is 16.3 Å². The Kier molecular flexibility index (Phi) is 4.12. The molecule has 4 heteroatoms. The summed E-state index contributed by atoms with van der Waals surface area (Å²) < 4.78 is 19.9. The highest BCUT2D eigenvalue weighted by atomic mass is 35.5. The van der Waals surface area contributed by atoms with E-state index >= 15 is 0 Å². The number of benzene rings is 1. The van der Waals surface area contributed by atoms with Gasteiger partial charge in [-0.3, -0.25) is 0 Å². The monoisotopic (exact) mass is 309 g/mol. The molecule has 0 amide bonds. The first-order chi connectivity index (χ1) is 10.1. The van der Waals surface area contributed by atoms with Gasteiger partial charge in [0.15, 0.2) is 6.73 Å². The first-order valence-electron chi connectivity index (χ1n) is 7.59. The van der Waals surface area contributed by atoms with Gasteiger partial charge in [-0.2, -0.15) is 0 Å². The van der Waals surface area contributed by atoms with Gasteiger partial charge in [-0.15, -0.1) is 0 Å². The number of nitrogens with zero attached hydrogens (tertiary/aromatic N) is 1. The standard InChI is InChI=1S/C17H21ClFNO/c1-11(2)17-9-20(10-21-17)16-7-13(12-5-3-4-6-12)14(18)8-15(16)19/h7-8,12H,3-6,9-10H2,1-2H3. The molecule has 1 aliphatic carbocycles. The number of halogens is 2. The molecule has 2 fully saturated rings. The van der Waals surface area contributed by atoms with Gasteiger partial charge in [-0.05, 0) is 55.9 Å². The Labute approximate surface area is 130 Å². The maximum atomic E-state index is 14.3. The van der Waals surface area contributed by atoms with Crippen LogP contribution in [0.25, 0.3) is 0 Å². The molecule has 1 aromatic rings. The van der Waals surface area contributed by atoms with E-state index in [-0.39, 0.29) is 5.82 Å². The first-order valence-corrected chi connectivity index (χ1v) is 7.97. The summed E-state index contributed by atoms with van der Waals surface area (Å²) in [5.74, 6) is 1.15. The molecule has 0 spiro atoms. The van der Waals surface area contributed by atoms with E-state index in [1.165, 1.54) is 18.9 Å². The van der Waals surface area contributed by atoms with E-state index < -0.39 is 0 Å². The SMILES string of the molecule is CC(C)=C1CN(c2cc(C3CCCC3)c(Cl)cc2F)CO1. The smallest absolute Gasteiger partial charge is 0.161 e. The lowest BCUT2D eigenvalue weighted by Gasteiger charge is -2.20. The third-order valence-electron chi connectivity index (χ3n) is 4.49. The summed E-state index contributed by atoms with van der Waals surface area (Å²) in [4.78, 5) is 1.94. The van der Waals surface area contributed by atoms with Gasteiger partial charge in [0.25, 0.3) is 0 Å². The van der Waals surface area contributed by atoms with Crippen molar-refractivity contribution in [2.45, 2.75) is 45.4 Å². The average molecular weight is 310 g/mol. The van der Waals surface area contributed by atoms with Gasteiger partial charge >= 0.3 is 0 Å². The van der Waals surface area contributed by atoms with E-state index in [9.17, 15) is 4.39 Å². The van der Waals surface area contributed by atoms with Crippen LogP contribution in [0.3, 0.4) is 0 Å². The Morgan fingerprint density at radius 3 is 2.62 bits per heavy atom. The molecular weight excluding hydrogens is 289 g/mol. The number of allylic oxidation sites excluding steroid dienone is 1. The van der Waals surface area contributed by atoms with E-state index in [1.54, 1.807) is 0 Å². The second-order valence-electron chi connectivity index (χ2n) is 6.20. The molecule has 0 unspecified atom stereocenters. The number of ether oxygens (including phenoxy) is 1. The van der Waals surface area contributed by atoms with Crippen LogP contribution in [-0.2, 0) is 4.74 Å². The largest absolute Gasteiger partial charge is 0.476 e. The lowest BCUT2D eigenvalue weighted by atomic mass is 9.96. The predicted octanol–water partition coefficient (Wildman–Crippen LogP) is 5.22. The van der Waals surface area contributed by atoms with Crippen LogP contribution in [0.4, 0.5) is 10.1 Å². The lowest BCUT2D eigenvalue weighted by molar-refractivity contribution is 0.261. The van der Waals surface area contributed by atoms with Crippen molar-refractivity contribution in [3.8, 4) is 0 Å². The molecule has 114 valence electrons. The number of hydrogen-bond donors (Lipinski definition) is 0. The fourth-order valence-electron chi connectivity index (χ4n) is 3.22. The molecule has 1 aliphatic heterocycles. The molecule has 0 radical (unpaired) electrons. The normalized spacial score (nSPS) is 19.2. The molecule has 1 aromatic carbocycles. The summed E-state index contributed by atoms with van der Waals surface area (Å²) >= 11 is 6.27. The maximum absolute atomic E-state index is 14.3. The predicted molar refractivity (Wildman–Crippen MR) is 84.3 cm³/mol. The third kappa shape index (κ3) is 2.89. The molecule has 1 saturated carbocycles.